The molecule has 3 rings (SSSR count). The van der Waals surface area contributed by atoms with E-state index in [0.29, 0.717) is 11.8 Å². The Morgan fingerprint density at radius 3 is 2.21 bits per heavy atom. The van der Waals surface area contributed by atoms with Crippen LogP contribution in [0.4, 0.5) is 5.69 Å². The summed E-state index contributed by atoms with van der Waals surface area (Å²) in [6.45, 7) is 8.92. The number of thiocarbonyl (C=S) groups is 1. The number of rotatable bonds is 8. The standard InChI is InChI=1S/C28H34N2O2S/c1-28(2,3)23-14-16-25(17-15-23)32-27(33)30(5)24-12-9-13-26(20-24)31-19-18-29(4)21-22-10-7-6-8-11-22/h6-17,20H,18-19,21H2,1-5H3. The maximum absolute atomic E-state index is 6.00. The lowest BCUT2D eigenvalue weighted by atomic mass is 9.87. The van der Waals surface area contributed by atoms with Crippen LogP contribution >= 0.6 is 12.2 Å². The fraction of sp³-hybridized carbons (Fsp3) is 0.321. The van der Waals surface area contributed by atoms with Gasteiger partial charge in [-0.1, -0.05) is 69.3 Å². The lowest BCUT2D eigenvalue weighted by Gasteiger charge is -2.22. The van der Waals surface area contributed by atoms with Gasteiger partial charge >= 0.3 is 0 Å². The second-order valence-corrected chi connectivity index (χ2v) is 9.62. The van der Waals surface area contributed by atoms with Gasteiger partial charge in [-0.3, -0.25) is 4.90 Å². The molecule has 0 saturated carbocycles. The van der Waals surface area contributed by atoms with Crippen LogP contribution < -0.4 is 14.4 Å². The molecule has 0 aromatic heterocycles. The molecule has 0 aliphatic carbocycles. The van der Waals surface area contributed by atoms with Crippen molar-refractivity contribution in [1.29, 1.82) is 0 Å². The summed E-state index contributed by atoms with van der Waals surface area (Å²) in [6.07, 6.45) is 0. The van der Waals surface area contributed by atoms with Crippen LogP contribution in [0.2, 0.25) is 0 Å². The lowest BCUT2D eigenvalue weighted by Crippen LogP contribution is -2.29. The largest absolute Gasteiger partial charge is 0.492 e. The third-order valence-corrected chi connectivity index (χ3v) is 5.80. The van der Waals surface area contributed by atoms with E-state index in [-0.39, 0.29) is 5.41 Å². The molecule has 3 aromatic carbocycles. The first-order valence-corrected chi connectivity index (χ1v) is 11.6. The first kappa shape index (κ1) is 24.7. The molecule has 174 valence electrons. The smallest absolute Gasteiger partial charge is 0.269 e. The number of hydrogen-bond acceptors (Lipinski definition) is 4. The fourth-order valence-electron chi connectivity index (χ4n) is 3.37. The molecule has 0 heterocycles. The molecule has 0 saturated heterocycles. The van der Waals surface area contributed by atoms with E-state index in [4.69, 9.17) is 21.7 Å². The zero-order chi connectivity index (χ0) is 23.8. The Bertz CT molecular complexity index is 1030. The van der Waals surface area contributed by atoms with E-state index in [9.17, 15) is 0 Å². The molecular weight excluding hydrogens is 428 g/mol. The van der Waals surface area contributed by atoms with Crippen LogP contribution in [0, 0.1) is 0 Å². The van der Waals surface area contributed by atoms with Gasteiger partial charge in [0.15, 0.2) is 0 Å². The Morgan fingerprint density at radius 1 is 0.848 bits per heavy atom. The molecule has 0 radical (unpaired) electrons. The predicted octanol–water partition coefficient (Wildman–Crippen LogP) is 6.30. The molecule has 5 heteroatoms. The van der Waals surface area contributed by atoms with Crippen molar-refractivity contribution in [1.82, 2.24) is 4.90 Å². The molecule has 0 aliphatic heterocycles. The van der Waals surface area contributed by atoms with E-state index in [1.165, 1.54) is 11.1 Å². The highest BCUT2D eigenvalue weighted by Gasteiger charge is 2.14. The average molecular weight is 463 g/mol. The topological polar surface area (TPSA) is 24.9 Å². The molecular formula is C28H34N2O2S. The summed E-state index contributed by atoms with van der Waals surface area (Å²) in [5.74, 6) is 1.54. The second-order valence-electron chi connectivity index (χ2n) is 9.27. The molecule has 0 amide bonds. The molecule has 0 fully saturated rings. The van der Waals surface area contributed by atoms with Crippen LogP contribution in [0.5, 0.6) is 11.5 Å². The van der Waals surface area contributed by atoms with Crippen molar-refractivity contribution in [3.05, 3.63) is 90.0 Å². The third kappa shape index (κ3) is 7.58. The van der Waals surface area contributed by atoms with Crippen LogP contribution in [0.25, 0.3) is 0 Å². The molecule has 0 aliphatic rings. The summed E-state index contributed by atoms with van der Waals surface area (Å²) in [5.41, 5.74) is 3.58. The van der Waals surface area contributed by atoms with Gasteiger partial charge in [-0.25, -0.2) is 0 Å². The summed E-state index contributed by atoms with van der Waals surface area (Å²) in [6, 6.07) is 26.5. The van der Waals surface area contributed by atoms with Gasteiger partial charge in [0.05, 0.1) is 0 Å². The zero-order valence-corrected chi connectivity index (χ0v) is 21.1. The van der Waals surface area contributed by atoms with Crippen molar-refractivity contribution < 1.29 is 9.47 Å². The van der Waals surface area contributed by atoms with Crippen molar-refractivity contribution >= 4 is 23.1 Å². The van der Waals surface area contributed by atoms with Gasteiger partial charge < -0.3 is 14.4 Å². The monoisotopic (exact) mass is 462 g/mol. The van der Waals surface area contributed by atoms with Crippen molar-refractivity contribution in [2.24, 2.45) is 0 Å². The molecule has 0 N–H and O–H groups in total. The highest BCUT2D eigenvalue weighted by Crippen LogP contribution is 2.25. The first-order chi connectivity index (χ1) is 15.7. The number of likely N-dealkylation sites (N-methyl/N-ethyl adjacent to an activating group) is 1. The summed E-state index contributed by atoms with van der Waals surface area (Å²) in [5, 5.41) is 0.387. The Balaban J connectivity index is 1.52. The van der Waals surface area contributed by atoms with Crippen molar-refractivity contribution in [2.75, 3.05) is 32.1 Å². The zero-order valence-electron chi connectivity index (χ0n) is 20.2. The van der Waals surface area contributed by atoms with Crippen molar-refractivity contribution in [3.63, 3.8) is 0 Å². The van der Waals surface area contributed by atoms with E-state index in [0.717, 1.165) is 30.3 Å². The van der Waals surface area contributed by atoms with Gasteiger partial charge in [-0.05, 0) is 60.1 Å². The minimum atomic E-state index is 0.104. The maximum atomic E-state index is 6.00. The number of ether oxygens (including phenoxy) is 2. The van der Waals surface area contributed by atoms with Gasteiger partial charge in [0, 0.05) is 31.9 Å². The van der Waals surface area contributed by atoms with Gasteiger partial charge in [0.2, 0.25) is 0 Å². The first-order valence-electron chi connectivity index (χ1n) is 11.2. The third-order valence-electron chi connectivity index (χ3n) is 5.44. The maximum Gasteiger partial charge on any atom is 0.269 e. The summed E-state index contributed by atoms with van der Waals surface area (Å²) >= 11 is 5.53. The quantitative estimate of drug-likeness (QED) is 0.366. The second kappa shape index (κ2) is 11.3. The van der Waals surface area contributed by atoms with Crippen molar-refractivity contribution in [2.45, 2.75) is 32.7 Å². The predicted molar refractivity (Wildman–Crippen MR) is 141 cm³/mol. The van der Waals surface area contributed by atoms with E-state index in [1.54, 1.807) is 0 Å². The molecule has 0 spiro atoms. The van der Waals surface area contributed by atoms with Gasteiger partial charge in [-0.2, -0.15) is 0 Å². The summed E-state index contributed by atoms with van der Waals surface area (Å²) in [7, 11) is 4.00. The molecule has 33 heavy (non-hydrogen) atoms. The number of anilines is 1. The van der Waals surface area contributed by atoms with Crippen LogP contribution in [0.15, 0.2) is 78.9 Å². The Morgan fingerprint density at radius 2 is 1.55 bits per heavy atom. The minimum Gasteiger partial charge on any atom is -0.492 e. The Kier molecular flexibility index (Phi) is 8.48. The average Bonchev–Trinajstić information content (AvgIpc) is 2.79. The van der Waals surface area contributed by atoms with Crippen LogP contribution in [0.3, 0.4) is 0 Å². The van der Waals surface area contributed by atoms with Gasteiger partial charge in [0.25, 0.3) is 5.17 Å². The SMILES string of the molecule is CN(CCOc1cccc(N(C)C(=S)Oc2ccc(C(C)(C)C)cc2)c1)Cc1ccccc1. The Hall–Kier alpha value is -2.89. The number of hydrogen-bond donors (Lipinski definition) is 0. The van der Waals surface area contributed by atoms with E-state index >= 15 is 0 Å². The van der Waals surface area contributed by atoms with E-state index in [1.807, 2.05) is 54.4 Å². The number of benzene rings is 3. The normalized spacial score (nSPS) is 11.3. The summed E-state index contributed by atoms with van der Waals surface area (Å²) in [4.78, 5) is 4.10. The minimum absolute atomic E-state index is 0.104. The summed E-state index contributed by atoms with van der Waals surface area (Å²) < 4.78 is 11.9. The van der Waals surface area contributed by atoms with Crippen LogP contribution in [0.1, 0.15) is 31.9 Å². The molecule has 3 aromatic rings. The highest BCUT2D eigenvalue weighted by molar-refractivity contribution is 7.80. The van der Waals surface area contributed by atoms with Gasteiger partial charge in [0.1, 0.15) is 18.1 Å². The molecule has 0 bridgehead atoms. The molecule has 4 nitrogen and oxygen atoms in total. The van der Waals surface area contributed by atoms with E-state index in [2.05, 4.69) is 69.1 Å². The molecule has 0 unspecified atom stereocenters. The fourth-order valence-corrected chi connectivity index (χ4v) is 3.57. The van der Waals surface area contributed by atoms with Crippen LogP contribution in [-0.2, 0) is 12.0 Å². The molecule has 0 atom stereocenters. The number of nitrogens with zero attached hydrogens (tertiary/aromatic N) is 2. The lowest BCUT2D eigenvalue weighted by molar-refractivity contribution is 0.233. The van der Waals surface area contributed by atoms with E-state index < -0.39 is 0 Å². The highest BCUT2D eigenvalue weighted by atomic mass is 32.1. The van der Waals surface area contributed by atoms with Gasteiger partial charge in [-0.15, -0.1) is 0 Å². The van der Waals surface area contributed by atoms with Crippen molar-refractivity contribution in [3.8, 4) is 11.5 Å². The van der Waals surface area contributed by atoms with Crippen LogP contribution in [-0.4, -0.2) is 37.3 Å². The Labute approximate surface area is 203 Å².